The SMILES string of the molecule is O=C(O)CC(C(=O)OP(=O)(O)O)S(=O)(=O)O. The quantitative estimate of drug-likeness (QED) is 0.336. The van der Waals surface area contributed by atoms with Gasteiger partial charge < -0.3 is 9.63 Å². The third kappa shape index (κ3) is 5.78. The van der Waals surface area contributed by atoms with Gasteiger partial charge in [-0.05, 0) is 0 Å². The van der Waals surface area contributed by atoms with E-state index < -0.39 is 41.6 Å². The number of carboxylic acids is 1. The van der Waals surface area contributed by atoms with E-state index in [1.807, 2.05) is 0 Å². The molecule has 4 N–H and O–H groups in total. The van der Waals surface area contributed by atoms with Gasteiger partial charge in [-0.1, -0.05) is 0 Å². The van der Waals surface area contributed by atoms with E-state index in [9.17, 15) is 22.6 Å². The third-order valence-electron chi connectivity index (χ3n) is 1.19. The maximum atomic E-state index is 10.8. The third-order valence-corrected chi connectivity index (χ3v) is 2.69. The molecule has 16 heavy (non-hydrogen) atoms. The molecule has 10 nitrogen and oxygen atoms in total. The topological polar surface area (TPSA) is 175 Å². The predicted molar refractivity (Wildman–Crippen MR) is 45.7 cm³/mol. The van der Waals surface area contributed by atoms with Crippen molar-refractivity contribution in [3.8, 4) is 0 Å². The second kappa shape index (κ2) is 4.89. The summed E-state index contributed by atoms with van der Waals surface area (Å²) in [4.78, 5) is 37.3. The Hall–Kier alpha value is -1.00. The van der Waals surface area contributed by atoms with Gasteiger partial charge in [0.1, 0.15) is 0 Å². The number of hydrogen-bond acceptors (Lipinski definition) is 6. The van der Waals surface area contributed by atoms with Crippen LogP contribution in [0.1, 0.15) is 6.42 Å². The summed E-state index contributed by atoms with van der Waals surface area (Å²) in [6.07, 6.45) is -1.38. The number of phosphoric ester groups is 1. The molecule has 0 radical (unpaired) electrons. The van der Waals surface area contributed by atoms with Crippen molar-refractivity contribution in [3.05, 3.63) is 0 Å². The van der Waals surface area contributed by atoms with E-state index in [-0.39, 0.29) is 0 Å². The van der Waals surface area contributed by atoms with Crippen LogP contribution < -0.4 is 0 Å². The molecule has 0 heterocycles. The summed E-state index contributed by atoms with van der Waals surface area (Å²) in [5.41, 5.74) is 0. The van der Waals surface area contributed by atoms with Crippen LogP contribution in [0.4, 0.5) is 0 Å². The Balaban J connectivity index is 5.00. The minimum absolute atomic E-state index is 1.38. The minimum Gasteiger partial charge on any atom is -0.481 e. The van der Waals surface area contributed by atoms with Crippen molar-refractivity contribution >= 4 is 29.9 Å². The van der Waals surface area contributed by atoms with Gasteiger partial charge in [0.25, 0.3) is 10.1 Å². The first kappa shape index (κ1) is 15.0. The number of aliphatic carboxylic acids is 1. The van der Waals surface area contributed by atoms with Crippen LogP contribution in [0, 0.1) is 0 Å². The molecule has 0 amide bonds. The van der Waals surface area contributed by atoms with E-state index in [4.69, 9.17) is 19.4 Å². The van der Waals surface area contributed by atoms with Crippen LogP contribution in [-0.2, 0) is 28.8 Å². The Morgan fingerprint density at radius 1 is 1.31 bits per heavy atom. The largest absolute Gasteiger partial charge is 0.527 e. The lowest BCUT2D eigenvalue weighted by Gasteiger charge is -2.11. The Kier molecular flexibility index (Phi) is 4.58. The molecule has 0 aromatic carbocycles. The number of hydrogen-bond donors (Lipinski definition) is 4. The van der Waals surface area contributed by atoms with Gasteiger partial charge in [0.15, 0.2) is 5.25 Å². The Bertz CT molecular complexity index is 430. The van der Waals surface area contributed by atoms with Gasteiger partial charge >= 0.3 is 19.8 Å². The highest BCUT2D eigenvalue weighted by molar-refractivity contribution is 7.87. The lowest BCUT2D eigenvalue weighted by Crippen LogP contribution is -2.33. The van der Waals surface area contributed by atoms with E-state index >= 15 is 0 Å². The molecule has 0 aliphatic heterocycles. The number of carbonyl (C=O) groups is 2. The van der Waals surface area contributed by atoms with Crippen LogP contribution >= 0.6 is 7.82 Å². The van der Waals surface area contributed by atoms with E-state index in [0.717, 1.165) is 0 Å². The van der Waals surface area contributed by atoms with Crippen LogP contribution in [0.25, 0.3) is 0 Å². The zero-order valence-electron chi connectivity index (χ0n) is 7.38. The van der Waals surface area contributed by atoms with Crippen molar-refractivity contribution in [1.29, 1.82) is 0 Å². The summed E-state index contributed by atoms with van der Waals surface area (Å²) in [6.45, 7) is 0. The fraction of sp³-hybridized carbons (Fsp3) is 0.500. The van der Waals surface area contributed by atoms with Crippen LogP contribution in [-0.4, -0.2) is 45.1 Å². The van der Waals surface area contributed by atoms with Crippen molar-refractivity contribution in [2.24, 2.45) is 0 Å². The molecule has 0 aromatic rings. The lowest BCUT2D eigenvalue weighted by atomic mass is 10.3. The Morgan fingerprint density at radius 3 is 2.00 bits per heavy atom. The molecule has 0 aliphatic carbocycles. The zero-order valence-corrected chi connectivity index (χ0v) is 9.09. The summed E-state index contributed by atoms with van der Waals surface area (Å²) < 4.78 is 43.1. The van der Waals surface area contributed by atoms with E-state index in [1.54, 1.807) is 0 Å². The molecule has 94 valence electrons. The molecule has 0 aliphatic rings. The van der Waals surface area contributed by atoms with Gasteiger partial charge in [-0.2, -0.15) is 8.42 Å². The smallest absolute Gasteiger partial charge is 0.481 e. The highest BCUT2D eigenvalue weighted by atomic mass is 32.2. The molecular formula is C4H7O10PS. The van der Waals surface area contributed by atoms with Gasteiger partial charge in [-0.25, -0.2) is 4.57 Å². The first-order valence-corrected chi connectivity index (χ1v) is 6.44. The monoisotopic (exact) mass is 278 g/mol. The van der Waals surface area contributed by atoms with Gasteiger partial charge in [-0.15, -0.1) is 0 Å². The normalized spacial score (nSPS) is 14.2. The molecule has 1 unspecified atom stereocenters. The molecule has 1 atom stereocenters. The fourth-order valence-corrected chi connectivity index (χ4v) is 1.72. The van der Waals surface area contributed by atoms with Gasteiger partial charge in [-0.3, -0.25) is 23.9 Å². The molecule has 12 heteroatoms. The molecule has 0 saturated heterocycles. The van der Waals surface area contributed by atoms with E-state index in [2.05, 4.69) is 4.52 Å². The Morgan fingerprint density at radius 2 is 1.75 bits per heavy atom. The standard InChI is InChI=1S/C4H7O10PS/c5-3(6)1-2(16(11,12)13)4(7)14-15(8,9)10/h2H,1H2,(H,5,6)(H2,8,9,10)(H,11,12,13). The van der Waals surface area contributed by atoms with Gasteiger partial charge in [0.2, 0.25) is 0 Å². The number of carbonyl (C=O) groups excluding carboxylic acids is 1. The van der Waals surface area contributed by atoms with E-state index in [1.165, 1.54) is 0 Å². The molecule has 0 fully saturated rings. The molecule has 0 bridgehead atoms. The summed E-state index contributed by atoms with van der Waals surface area (Å²) in [5.74, 6) is -3.82. The first-order chi connectivity index (χ1) is 6.93. The van der Waals surface area contributed by atoms with Crippen LogP contribution in [0.3, 0.4) is 0 Å². The zero-order chi connectivity index (χ0) is 13.1. The van der Waals surface area contributed by atoms with Crippen molar-refractivity contribution in [2.45, 2.75) is 11.7 Å². The average molecular weight is 278 g/mol. The van der Waals surface area contributed by atoms with Crippen molar-refractivity contribution in [2.75, 3.05) is 0 Å². The number of rotatable bonds is 5. The average Bonchev–Trinajstić information content (AvgIpc) is 1.93. The first-order valence-electron chi connectivity index (χ1n) is 3.40. The van der Waals surface area contributed by atoms with Gasteiger partial charge in [0, 0.05) is 0 Å². The summed E-state index contributed by atoms with van der Waals surface area (Å²) in [7, 11) is -10.4. The van der Waals surface area contributed by atoms with Crippen LogP contribution in [0.5, 0.6) is 0 Å². The maximum Gasteiger partial charge on any atom is 0.527 e. The summed E-state index contributed by atoms with van der Waals surface area (Å²) in [5, 5.41) is 5.63. The second-order valence-corrected chi connectivity index (χ2v) is 5.27. The van der Waals surface area contributed by atoms with Crippen LogP contribution in [0.2, 0.25) is 0 Å². The van der Waals surface area contributed by atoms with Crippen molar-refractivity contribution in [3.63, 3.8) is 0 Å². The van der Waals surface area contributed by atoms with Crippen molar-refractivity contribution in [1.82, 2.24) is 0 Å². The lowest BCUT2D eigenvalue weighted by molar-refractivity contribution is -0.142. The summed E-state index contributed by atoms with van der Waals surface area (Å²) >= 11 is 0. The van der Waals surface area contributed by atoms with Crippen molar-refractivity contribution < 1.29 is 46.5 Å². The summed E-state index contributed by atoms with van der Waals surface area (Å²) in [6, 6.07) is 0. The second-order valence-electron chi connectivity index (χ2n) is 2.50. The number of phosphoric acid groups is 1. The predicted octanol–water partition coefficient (Wildman–Crippen LogP) is -1.65. The molecule has 0 spiro atoms. The van der Waals surface area contributed by atoms with Gasteiger partial charge in [0.05, 0.1) is 6.42 Å². The fourth-order valence-electron chi connectivity index (χ4n) is 0.645. The Labute approximate surface area is 88.8 Å². The van der Waals surface area contributed by atoms with Crippen LogP contribution in [0.15, 0.2) is 0 Å². The molecule has 0 rings (SSSR count). The van der Waals surface area contributed by atoms with E-state index in [0.29, 0.717) is 0 Å². The highest BCUT2D eigenvalue weighted by Crippen LogP contribution is 2.36. The molecule has 0 aromatic heterocycles. The maximum absolute atomic E-state index is 10.8. The highest BCUT2D eigenvalue weighted by Gasteiger charge is 2.38. The molecular weight excluding hydrogens is 271 g/mol. The molecule has 0 saturated carbocycles. The number of carboxylic acid groups (broad SMARTS) is 1. The minimum atomic E-state index is -5.31.